The van der Waals surface area contributed by atoms with Crippen molar-refractivity contribution >= 4 is 32.5 Å². The highest BCUT2D eigenvalue weighted by atomic mass is 32.1. The number of hydrogen-bond donors (Lipinski definition) is 0. The number of morpholine rings is 1. The summed E-state index contributed by atoms with van der Waals surface area (Å²) in [5.74, 6) is 0. The van der Waals surface area contributed by atoms with Crippen LogP contribution in [0.4, 0.5) is 0 Å². The second-order valence-electron chi connectivity index (χ2n) is 9.56. The lowest BCUT2D eigenvalue weighted by Gasteiger charge is -2.27. The third-order valence-corrected chi connectivity index (χ3v) is 8.11. The Morgan fingerprint density at radius 3 is 2.57 bits per heavy atom. The lowest BCUT2D eigenvalue weighted by atomic mass is 10.1. The van der Waals surface area contributed by atoms with Crippen molar-refractivity contribution in [3.63, 3.8) is 0 Å². The molecule has 1 saturated heterocycles. The molecular formula is C28H29N5O3S. The Balaban J connectivity index is 1.52. The molecule has 0 bridgehead atoms. The van der Waals surface area contributed by atoms with Gasteiger partial charge in [0.25, 0.3) is 11.1 Å². The van der Waals surface area contributed by atoms with Crippen LogP contribution in [0.5, 0.6) is 0 Å². The van der Waals surface area contributed by atoms with Crippen LogP contribution in [0.3, 0.4) is 0 Å². The van der Waals surface area contributed by atoms with Gasteiger partial charge in [0.1, 0.15) is 0 Å². The van der Waals surface area contributed by atoms with E-state index in [0.29, 0.717) is 48.0 Å². The van der Waals surface area contributed by atoms with Gasteiger partial charge in [-0.05, 0) is 31.5 Å². The van der Waals surface area contributed by atoms with Gasteiger partial charge in [0.15, 0.2) is 0 Å². The van der Waals surface area contributed by atoms with Gasteiger partial charge in [0.2, 0.25) is 5.13 Å². The number of pyridine rings is 1. The Bertz CT molecular complexity index is 1690. The summed E-state index contributed by atoms with van der Waals surface area (Å²) in [4.78, 5) is 34.5. The molecule has 0 atom stereocenters. The van der Waals surface area contributed by atoms with Crippen LogP contribution in [-0.4, -0.2) is 56.7 Å². The largest absolute Gasteiger partial charge is 0.379 e. The fourth-order valence-corrected chi connectivity index (χ4v) is 6.14. The van der Waals surface area contributed by atoms with Crippen LogP contribution in [0.15, 0.2) is 64.2 Å². The summed E-state index contributed by atoms with van der Waals surface area (Å²) in [5.41, 5.74) is 4.13. The van der Waals surface area contributed by atoms with Crippen LogP contribution in [0.25, 0.3) is 26.3 Å². The van der Waals surface area contributed by atoms with Gasteiger partial charge in [-0.25, -0.2) is 4.98 Å². The SMILES string of the molecule is Cc1cccc(Cn2c3cc(=O)n(CCN4CCOCC4)c(C)c3c(=O)n2-c2nc3ccccc3s2)c1. The molecule has 1 aliphatic heterocycles. The molecule has 0 amide bonds. The van der Waals surface area contributed by atoms with Gasteiger partial charge in [-0.1, -0.05) is 53.3 Å². The van der Waals surface area contributed by atoms with Crippen molar-refractivity contribution in [3.05, 3.63) is 92.1 Å². The summed E-state index contributed by atoms with van der Waals surface area (Å²) in [7, 11) is 0. The zero-order valence-electron chi connectivity index (χ0n) is 21.0. The molecule has 3 aromatic heterocycles. The molecule has 190 valence electrons. The third-order valence-electron chi connectivity index (χ3n) is 7.10. The molecule has 0 spiro atoms. The monoisotopic (exact) mass is 515 g/mol. The smallest absolute Gasteiger partial charge is 0.283 e. The van der Waals surface area contributed by atoms with E-state index in [1.807, 2.05) is 48.0 Å². The lowest BCUT2D eigenvalue weighted by molar-refractivity contribution is 0.0362. The van der Waals surface area contributed by atoms with E-state index < -0.39 is 0 Å². The first-order valence-corrected chi connectivity index (χ1v) is 13.4. The molecule has 37 heavy (non-hydrogen) atoms. The summed E-state index contributed by atoms with van der Waals surface area (Å²) in [6, 6.07) is 17.7. The average Bonchev–Trinajstić information content (AvgIpc) is 3.43. The van der Waals surface area contributed by atoms with E-state index in [2.05, 4.69) is 24.0 Å². The molecule has 6 rings (SSSR count). The minimum Gasteiger partial charge on any atom is -0.379 e. The summed E-state index contributed by atoms with van der Waals surface area (Å²) in [6.45, 7) is 8.78. The summed E-state index contributed by atoms with van der Waals surface area (Å²) in [5, 5.41) is 1.16. The van der Waals surface area contributed by atoms with Gasteiger partial charge in [-0.3, -0.25) is 19.2 Å². The standard InChI is InChI=1S/C28H29N5O3S/c1-19-6-5-7-21(16-19)18-32-23-17-25(34)31(11-10-30-12-14-36-15-13-30)20(2)26(23)27(35)33(32)28-29-22-8-3-4-9-24(22)37-28/h3-9,16-17H,10-15,18H2,1-2H3. The van der Waals surface area contributed by atoms with Gasteiger partial charge in [0, 0.05) is 37.9 Å². The number of para-hydroxylation sites is 1. The van der Waals surface area contributed by atoms with Gasteiger partial charge < -0.3 is 9.30 Å². The quantitative estimate of drug-likeness (QED) is 0.346. The van der Waals surface area contributed by atoms with Crippen LogP contribution >= 0.6 is 11.3 Å². The first kappa shape index (κ1) is 23.8. The molecular weight excluding hydrogens is 486 g/mol. The highest BCUT2D eigenvalue weighted by molar-refractivity contribution is 7.20. The van der Waals surface area contributed by atoms with E-state index in [1.54, 1.807) is 15.3 Å². The molecule has 0 N–H and O–H groups in total. The van der Waals surface area contributed by atoms with Gasteiger partial charge in [0.05, 0.1) is 40.9 Å². The van der Waals surface area contributed by atoms with Gasteiger partial charge in [-0.2, -0.15) is 4.68 Å². The number of thiazole rings is 1. The van der Waals surface area contributed by atoms with Crippen LogP contribution in [0.2, 0.25) is 0 Å². The van der Waals surface area contributed by atoms with Crippen LogP contribution < -0.4 is 11.1 Å². The maximum atomic E-state index is 14.0. The Hall–Kier alpha value is -3.53. The number of rotatable bonds is 6. The van der Waals surface area contributed by atoms with Crippen LogP contribution in [0.1, 0.15) is 16.8 Å². The number of fused-ring (bicyclic) bond motifs is 2. The topological polar surface area (TPSA) is 74.3 Å². The molecule has 1 aliphatic rings. The highest BCUT2D eigenvalue weighted by Gasteiger charge is 2.22. The number of aromatic nitrogens is 4. The van der Waals surface area contributed by atoms with E-state index >= 15 is 0 Å². The molecule has 0 unspecified atom stereocenters. The number of nitrogens with zero attached hydrogens (tertiary/aromatic N) is 5. The zero-order valence-corrected chi connectivity index (χ0v) is 21.8. The summed E-state index contributed by atoms with van der Waals surface area (Å²) in [6.07, 6.45) is 0. The minimum atomic E-state index is -0.153. The number of aryl methyl sites for hydroxylation is 2. The zero-order chi connectivity index (χ0) is 25.5. The molecule has 0 aliphatic carbocycles. The van der Waals surface area contributed by atoms with Crippen molar-refractivity contribution in [1.82, 2.24) is 23.8 Å². The van der Waals surface area contributed by atoms with E-state index in [0.717, 1.165) is 41.0 Å². The average molecular weight is 516 g/mol. The second kappa shape index (κ2) is 9.74. The van der Waals surface area contributed by atoms with Gasteiger partial charge in [-0.15, -0.1) is 0 Å². The van der Waals surface area contributed by atoms with E-state index in [9.17, 15) is 9.59 Å². The fraction of sp³-hybridized carbons (Fsp3) is 0.321. The maximum absolute atomic E-state index is 14.0. The Kier molecular flexibility index (Phi) is 6.27. The van der Waals surface area contributed by atoms with E-state index in [1.165, 1.54) is 11.3 Å². The van der Waals surface area contributed by atoms with E-state index in [4.69, 9.17) is 9.72 Å². The third kappa shape index (κ3) is 4.43. The number of hydrogen-bond acceptors (Lipinski definition) is 6. The van der Waals surface area contributed by atoms with Crippen LogP contribution in [-0.2, 0) is 17.8 Å². The van der Waals surface area contributed by atoms with Gasteiger partial charge >= 0.3 is 0 Å². The predicted molar refractivity (Wildman–Crippen MR) is 147 cm³/mol. The molecule has 5 aromatic rings. The Morgan fingerprint density at radius 2 is 1.78 bits per heavy atom. The highest BCUT2D eigenvalue weighted by Crippen LogP contribution is 2.26. The molecule has 8 nitrogen and oxygen atoms in total. The lowest BCUT2D eigenvalue weighted by Crippen LogP contribution is -2.39. The molecule has 0 saturated carbocycles. The summed E-state index contributed by atoms with van der Waals surface area (Å²) < 4.78 is 11.8. The molecule has 2 aromatic carbocycles. The first-order chi connectivity index (χ1) is 18.0. The van der Waals surface area contributed by atoms with Crippen LogP contribution in [0, 0.1) is 13.8 Å². The summed E-state index contributed by atoms with van der Waals surface area (Å²) >= 11 is 1.48. The second-order valence-corrected chi connectivity index (χ2v) is 10.6. The number of ether oxygens (including phenoxy) is 1. The minimum absolute atomic E-state index is 0.0994. The van der Waals surface area contributed by atoms with Crippen molar-refractivity contribution in [2.24, 2.45) is 0 Å². The fourth-order valence-electron chi connectivity index (χ4n) is 5.17. The van der Waals surface area contributed by atoms with Crippen molar-refractivity contribution in [2.75, 3.05) is 32.8 Å². The van der Waals surface area contributed by atoms with Crippen molar-refractivity contribution in [2.45, 2.75) is 26.9 Å². The maximum Gasteiger partial charge on any atom is 0.283 e. The molecule has 0 radical (unpaired) electrons. The molecule has 4 heterocycles. The Morgan fingerprint density at radius 1 is 0.973 bits per heavy atom. The van der Waals surface area contributed by atoms with Crippen molar-refractivity contribution in [1.29, 1.82) is 0 Å². The van der Waals surface area contributed by atoms with E-state index in [-0.39, 0.29) is 11.1 Å². The predicted octanol–water partition coefficient (Wildman–Crippen LogP) is 3.56. The Labute approximate surface area is 217 Å². The normalized spacial score (nSPS) is 14.6. The first-order valence-electron chi connectivity index (χ1n) is 12.6. The molecule has 1 fully saturated rings. The number of benzene rings is 2. The molecule has 9 heteroatoms. The van der Waals surface area contributed by atoms with Crippen molar-refractivity contribution in [3.8, 4) is 5.13 Å². The van der Waals surface area contributed by atoms with Crippen molar-refractivity contribution < 1.29 is 4.74 Å².